The molecule has 21 heavy (non-hydrogen) atoms. The highest BCUT2D eigenvalue weighted by Crippen LogP contribution is 2.15. The summed E-state index contributed by atoms with van der Waals surface area (Å²) in [6.07, 6.45) is 5.89. The Bertz CT molecular complexity index is 660. The van der Waals surface area contributed by atoms with Gasteiger partial charge in [-0.3, -0.25) is 9.48 Å². The Hall–Kier alpha value is -2.43. The maximum Gasteiger partial charge on any atom is 0.248 e. The zero-order valence-electron chi connectivity index (χ0n) is 12.1. The van der Waals surface area contributed by atoms with Crippen molar-refractivity contribution in [3.05, 3.63) is 53.9 Å². The maximum absolute atomic E-state index is 12.0. The second kappa shape index (κ2) is 5.91. The molecule has 0 radical (unpaired) electrons. The summed E-state index contributed by atoms with van der Waals surface area (Å²) in [4.78, 5) is 12.0. The molecule has 0 saturated heterocycles. The van der Waals surface area contributed by atoms with Crippen LogP contribution in [0.25, 0.3) is 0 Å². The number of carbonyl (C=O) groups is 1. The van der Waals surface area contributed by atoms with Crippen LogP contribution in [0.5, 0.6) is 0 Å². The van der Waals surface area contributed by atoms with Gasteiger partial charge in [-0.25, -0.2) is 5.01 Å². The molecule has 5 heteroatoms. The molecule has 0 fully saturated rings. The quantitative estimate of drug-likeness (QED) is 0.842. The Balaban J connectivity index is 1.58. The molecule has 1 aromatic heterocycles. The fourth-order valence-electron chi connectivity index (χ4n) is 2.45. The van der Waals surface area contributed by atoms with Gasteiger partial charge in [0.2, 0.25) is 5.91 Å². The van der Waals surface area contributed by atoms with Crippen LogP contribution in [-0.4, -0.2) is 33.0 Å². The Labute approximate surface area is 123 Å². The molecule has 3 rings (SSSR count). The molecular weight excluding hydrogens is 264 g/mol. The normalized spacial score (nSPS) is 14.6. The van der Waals surface area contributed by atoms with Crippen LogP contribution in [0.3, 0.4) is 0 Å². The summed E-state index contributed by atoms with van der Waals surface area (Å²) >= 11 is 0. The van der Waals surface area contributed by atoms with E-state index in [0.717, 1.165) is 24.1 Å². The van der Waals surface area contributed by atoms with Crippen LogP contribution >= 0.6 is 0 Å². The van der Waals surface area contributed by atoms with Crippen molar-refractivity contribution in [3.8, 4) is 0 Å². The molecule has 108 valence electrons. The largest absolute Gasteiger partial charge is 0.275 e. The minimum atomic E-state index is 0.0712. The van der Waals surface area contributed by atoms with Crippen molar-refractivity contribution in [1.29, 1.82) is 0 Å². The smallest absolute Gasteiger partial charge is 0.248 e. The molecule has 0 atom stereocenters. The third kappa shape index (κ3) is 3.18. The molecule has 0 aliphatic carbocycles. The average molecular weight is 282 g/mol. The van der Waals surface area contributed by atoms with Gasteiger partial charge in [0.1, 0.15) is 0 Å². The highest BCUT2D eigenvalue weighted by atomic mass is 16.2. The van der Waals surface area contributed by atoms with Crippen molar-refractivity contribution in [2.24, 2.45) is 12.1 Å². The molecular formula is C16H18N4O. The van der Waals surface area contributed by atoms with Crippen molar-refractivity contribution >= 4 is 11.6 Å². The van der Waals surface area contributed by atoms with Crippen LogP contribution in [-0.2, 0) is 18.3 Å². The van der Waals surface area contributed by atoms with E-state index < -0.39 is 0 Å². The van der Waals surface area contributed by atoms with Crippen LogP contribution in [0.1, 0.15) is 24.0 Å². The number of aromatic nitrogens is 2. The van der Waals surface area contributed by atoms with Crippen molar-refractivity contribution in [2.75, 3.05) is 6.54 Å². The third-order valence-corrected chi connectivity index (χ3v) is 3.56. The first-order chi connectivity index (χ1) is 10.2. The molecule has 5 nitrogen and oxygen atoms in total. The van der Waals surface area contributed by atoms with E-state index in [1.165, 1.54) is 5.56 Å². The maximum atomic E-state index is 12.0. The number of carbonyl (C=O) groups excluding carboxylic acids is 1. The predicted octanol–water partition coefficient (Wildman–Crippen LogP) is 1.99. The fourth-order valence-corrected chi connectivity index (χ4v) is 2.45. The number of hydrogen-bond acceptors (Lipinski definition) is 3. The molecule has 1 amide bonds. The van der Waals surface area contributed by atoms with Crippen molar-refractivity contribution in [1.82, 2.24) is 14.8 Å². The zero-order chi connectivity index (χ0) is 14.7. The Morgan fingerprint density at radius 1 is 1.24 bits per heavy atom. The number of aryl methyl sites for hydroxylation is 2. The van der Waals surface area contributed by atoms with Gasteiger partial charge in [-0.2, -0.15) is 10.2 Å². The molecule has 0 N–H and O–H groups in total. The van der Waals surface area contributed by atoms with Gasteiger partial charge in [0.15, 0.2) is 0 Å². The molecule has 0 unspecified atom stereocenters. The fraction of sp³-hybridized carbons (Fsp3) is 0.312. The number of hydrogen-bond donors (Lipinski definition) is 0. The van der Waals surface area contributed by atoms with Gasteiger partial charge < -0.3 is 0 Å². The van der Waals surface area contributed by atoms with Crippen molar-refractivity contribution in [3.63, 3.8) is 0 Å². The predicted molar refractivity (Wildman–Crippen MR) is 80.8 cm³/mol. The molecule has 1 aromatic carbocycles. The molecule has 1 aliphatic heterocycles. The highest BCUT2D eigenvalue weighted by molar-refractivity contribution is 6.13. The Morgan fingerprint density at radius 3 is 2.76 bits per heavy atom. The number of benzene rings is 1. The van der Waals surface area contributed by atoms with Gasteiger partial charge in [0.05, 0.1) is 18.3 Å². The van der Waals surface area contributed by atoms with Gasteiger partial charge >= 0.3 is 0 Å². The van der Waals surface area contributed by atoms with E-state index in [4.69, 9.17) is 0 Å². The summed E-state index contributed by atoms with van der Waals surface area (Å²) in [6, 6.07) is 10.3. The zero-order valence-corrected chi connectivity index (χ0v) is 12.1. The molecule has 2 aromatic rings. The van der Waals surface area contributed by atoms with Crippen LogP contribution in [0.2, 0.25) is 0 Å². The lowest BCUT2D eigenvalue weighted by Crippen LogP contribution is -2.22. The van der Waals surface area contributed by atoms with Gasteiger partial charge in [-0.1, -0.05) is 30.3 Å². The second-order valence-electron chi connectivity index (χ2n) is 5.23. The summed E-state index contributed by atoms with van der Waals surface area (Å²) in [5.74, 6) is 0.0712. The van der Waals surface area contributed by atoms with Crippen LogP contribution in [0.15, 0.2) is 47.8 Å². The minimum absolute atomic E-state index is 0.0712. The number of nitrogens with zero attached hydrogens (tertiary/aromatic N) is 4. The van der Waals surface area contributed by atoms with E-state index in [1.807, 2.05) is 31.4 Å². The van der Waals surface area contributed by atoms with E-state index in [2.05, 4.69) is 22.3 Å². The molecule has 0 spiro atoms. The van der Waals surface area contributed by atoms with E-state index in [9.17, 15) is 4.79 Å². The summed E-state index contributed by atoms with van der Waals surface area (Å²) in [5, 5.41) is 10.1. The highest BCUT2D eigenvalue weighted by Gasteiger charge is 2.24. The lowest BCUT2D eigenvalue weighted by molar-refractivity contribution is -0.128. The summed E-state index contributed by atoms with van der Waals surface area (Å²) in [6.45, 7) is 0.664. The SMILES string of the molecule is Cn1cc(C2=NN(CCCc3ccccc3)C(=O)C2)cn1. The van der Waals surface area contributed by atoms with E-state index in [0.29, 0.717) is 13.0 Å². The van der Waals surface area contributed by atoms with E-state index >= 15 is 0 Å². The summed E-state index contributed by atoms with van der Waals surface area (Å²) in [7, 11) is 1.86. The van der Waals surface area contributed by atoms with Crippen LogP contribution in [0.4, 0.5) is 0 Å². The standard InChI is InChI=1S/C16H18N4O/c1-19-12-14(11-17-19)15-10-16(21)20(18-15)9-5-8-13-6-3-2-4-7-13/h2-4,6-7,11-12H,5,8-10H2,1H3. The van der Waals surface area contributed by atoms with Crippen molar-refractivity contribution in [2.45, 2.75) is 19.3 Å². The minimum Gasteiger partial charge on any atom is -0.275 e. The number of rotatable bonds is 5. The van der Waals surface area contributed by atoms with Crippen LogP contribution in [0, 0.1) is 0 Å². The molecule has 0 saturated carbocycles. The van der Waals surface area contributed by atoms with Gasteiger partial charge in [0, 0.05) is 25.4 Å². The summed E-state index contributed by atoms with van der Waals surface area (Å²) in [5.41, 5.74) is 3.03. The second-order valence-corrected chi connectivity index (χ2v) is 5.23. The van der Waals surface area contributed by atoms with Crippen LogP contribution < -0.4 is 0 Å². The van der Waals surface area contributed by atoms with Gasteiger partial charge in [-0.15, -0.1) is 0 Å². The summed E-state index contributed by atoms with van der Waals surface area (Å²) < 4.78 is 1.72. The molecule has 2 heterocycles. The van der Waals surface area contributed by atoms with E-state index in [-0.39, 0.29) is 5.91 Å². The molecule has 0 bridgehead atoms. The number of hydrazone groups is 1. The lowest BCUT2D eigenvalue weighted by Gasteiger charge is -2.11. The van der Waals surface area contributed by atoms with Crippen molar-refractivity contribution < 1.29 is 4.79 Å². The third-order valence-electron chi connectivity index (χ3n) is 3.56. The topological polar surface area (TPSA) is 50.5 Å². The Morgan fingerprint density at radius 2 is 2.05 bits per heavy atom. The van der Waals surface area contributed by atoms with Gasteiger partial charge in [0.25, 0.3) is 0 Å². The van der Waals surface area contributed by atoms with Gasteiger partial charge in [-0.05, 0) is 18.4 Å². The molecule has 1 aliphatic rings. The first-order valence-corrected chi connectivity index (χ1v) is 7.13. The monoisotopic (exact) mass is 282 g/mol. The first kappa shape index (κ1) is 13.5. The lowest BCUT2D eigenvalue weighted by atomic mass is 10.1. The Kier molecular flexibility index (Phi) is 3.81. The first-order valence-electron chi connectivity index (χ1n) is 7.13. The van der Waals surface area contributed by atoms with E-state index in [1.54, 1.807) is 15.9 Å². The average Bonchev–Trinajstić information content (AvgIpc) is 3.07. The number of amides is 1.